The van der Waals surface area contributed by atoms with E-state index in [1.807, 2.05) is 11.8 Å². The molecule has 0 aromatic carbocycles. The third-order valence-electron chi connectivity index (χ3n) is 5.81. The highest BCUT2D eigenvalue weighted by atomic mass is 16.5. The fraction of sp³-hybridized carbons (Fsp3) is 0.600. The molecule has 1 unspecified atom stereocenters. The summed E-state index contributed by atoms with van der Waals surface area (Å²) >= 11 is 0. The second kappa shape index (κ2) is 8.26. The number of rotatable bonds is 6. The molecular weight excluding hydrogens is 372 g/mol. The van der Waals surface area contributed by atoms with Crippen molar-refractivity contribution in [1.29, 1.82) is 0 Å². The fourth-order valence-electron chi connectivity index (χ4n) is 3.85. The Balaban J connectivity index is 1.35. The fourth-order valence-corrected chi connectivity index (χ4v) is 3.85. The number of hydrogen-bond donors (Lipinski definition) is 0. The molecule has 29 heavy (non-hydrogen) atoms. The molecule has 3 heterocycles. The first kappa shape index (κ1) is 19.5. The predicted octanol–water partition coefficient (Wildman–Crippen LogP) is 1.74. The lowest BCUT2D eigenvalue weighted by Gasteiger charge is -2.27. The summed E-state index contributed by atoms with van der Waals surface area (Å²) in [5.41, 5.74) is 1.10. The number of amides is 2. The van der Waals surface area contributed by atoms with Crippen molar-refractivity contribution in [3.05, 3.63) is 35.5 Å². The molecule has 2 aliphatic rings. The molecule has 1 atom stereocenters. The van der Waals surface area contributed by atoms with Gasteiger partial charge in [0, 0.05) is 45.1 Å². The van der Waals surface area contributed by atoms with Gasteiger partial charge in [-0.15, -0.1) is 0 Å². The average Bonchev–Trinajstić information content (AvgIpc) is 3.31. The zero-order chi connectivity index (χ0) is 20.4. The van der Waals surface area contributed by atoms with Crippen molar-refractivity contribution in [2.75, 3.05) is 19.6 Å². The number of carbonyl (C=O) groups is 2. The number of aryl methyl sites for hydroxylation is 1. The van der Waals surface area contributed by atoms with Crippen molar-refractivity contribution in [2.45, 2.75) is 57.9 Å². The molecule has 1 saturated carbocycles. The van der Waals surface area contributed by atoms with E-state index < -0.39 is 0 Å². The lowest BCUT2D eigenvalue weighted by Crippen LogP contribution is -2.42. The van der Waals surface area contributed by atoms with E-state index in [-0.39, 0.29) is 17.9 Å². The topological polar surface area (TPSA) is 105 Å². The van der Waals surface area contributed by atoms with Gasteiger partial charge >= 0.3 is 0 Å². The van der Waals surface area contributed by atoms with Crippen LogP contribution in [0.3, 0.4) is 0 Å². The van der Waals surface area contributed by atoms with Crippen LogP contribution >= 0.6 is 0 Å². The van der Waals surface area contributed by atoms with Gasteiger partial charge in [0.05, 0.1) is 17.9 Å². The Morgan fingerprint density at radius 1 is 1.24 bits per heavy atom. The first-order valence-electron chi connectivity index (χ1n) is 10.2. The smallest absolute Gasteiger partial charge is 0.274 e. The van der Waals surface area contributed by atoms with Crippen LogP contribution in [0.2, 0.25) is 0 Å². The monoisotopic (exact) mass is 398 g/mol. The highest BCUT2D eigenvalue weighted by Crippen LogP contribution is 2.35. The molecule has 9 heteroatoms. The SMILES string of the molecule is CC(=O)N(CCc1noc(C2CCC2)n1)C1CCN(C(=O)c2cnc(C)cn2)C1. The molecule has 2 fully saturated rings. The second-order valence-electron chi connectivity index (χ2n) is 7.88. The van der Waals surface area contributed by atoms with Crippen LogP contribution in [0.1, 0.15) is 66.4 Å². The Morgan fingerprint density at radius 2 is 2.07 bits per heavy atom. The average molecular weight is 398 g/mol. The van der Waals surface area contributed by atoms with Crippen molar-refractivity contribution < 1.29 is 14.1 Å². The maximum atomic E-state index is 12.7. The van der Waals surface area contributed by atoms with Gasteiger partial charge in [-0.25, -0.2) is 4.98 Å². The highest BCUT2D eigenvalue weighted by molar-refractivity contribution is 5.92. The molecule has 0 radical (unpaired) electrons. The van der Waals surface area contributed by atoms with Crippen molar-refractivity contribution in [3.63, 3.8) is 0 Å². The Hall–Kier alpha value is -2.84. The van der Waals surface area contributed by atoms with Crippen LogP contribution < -0.4 is 0 Å². The van der Waals surface area contributed by atoms with Crippen molar-refractivity contribution in [3.8, 4) is 0 Å². The Morgan fingerprint density at radius 3 is 2.72 bits per heavy atom. The molecule has 154 valence electrons. The number of carbonyl (C=O) groups excluding carboxylic acids is 2. The molecule has 2 aromatic rings. The molecule has 2 amide bonds. The Kier molecular flexibility index (Phi) is 5.55. The van der Waals surface area contributed by atoms with Gasteiger partial charge in [0.15, 0.2) is 5.82 Å². The highest BCUT2D eigenvalue weighted by Gasteiger charge is 2.33. The second-order valence-corrected chi connectivity index (χ2v) is 7.88. The molecule has 0 N–H and O–H groups in total. The quantitative estimate of drug-likeness (QED) is 0.730. The minimum Gasteiger partial charge on any atom is -0.339 e. The summed E-state index contributed by atoms with van der Waals surface area (Å²) in [4.78, 5) is 41.3. The van der Waals surface area contributed by atoms with Crippen LogP contribution in [0.15, 0.2) is 16.9 Å². The zero-order valence-electron chi connectivity index (χ0n) is 16.9. The summed E-state index contributed by atoms with van der Waals surface area (Å²) in [6, 6.07) is -0.0205. The molecule has 1 saturated heterocycles. The van der Waals surface area contributed by atoms with E-state index in [1.165, 1.54) is 12.6 Å². The molecule has 1 aliphatic carbocycles. The standard InChI is InChI=1S/C20H26N6O3/c1-13-10-22-17(11-21-13)20(28)25-8-6-16(12-25)26(14(2)27)9-7-18-23-19(29-24-18)15-4-3-5-15/h10-11,15-16H,3-9,12H2,1-2H3. The number of hydrogen-bond acceptors (Lipinski definition) is 7. The summed E-state index contributed by atoms with van der Waals surface area (Å²) < 4.78 is 5.36. The Labute approximate surface area is 169 Å². The summed E-state index contributed by atoms with van der Waals surface area (Å²) in [5.74, 6) is 1.60. The van der Waals surface area contributed by atoms with Gasteiger partial charge in [-0.3, -0.25) is 14.6 Å². The predicted molar refractivity (Wildman–Crippen MR) is 103 cm³/mol. The molecule has 2 aromatic heterocycles. The van der Waals surface area contributed by atoms with Gasteiger partial charge in [0.2, 0.25) is 11.8 Å². The number of nitrogens with zero attached hydrogens (tertiary/aromatic N) is 6. The summed E-state index contributed by atoms with van der Waals surface area (Å²) in [5, 5.41) is 4.06. The van der Waals surface area contributed by atoms with Crippen molar-refractivity contribution in [2.24, 2.45) is 0 Å². The first-order chi connectivity index (χ1) is 14.0. The summed E-state index contributed by atoms with van der Waals surface area (Å²) in [7, 11) is 0. The molecule has 0 spiro atoms. The maximum absolute atomic E-state index is 12.7. The first-order valence-corrected chi connectivity index (χ1v) is 10.2. The molecule has 9 nitrogen and oxygen atoms in total. The van der Waals surface area contributed by atoms with Crippen molar-refractivity contribution >= 4 is 11.8 Å². The van der Waals surface area contributed by atoms with Crippen LogP contribution in [-0.4, -0.2) is 67.4 Å². The molecule has 1 aliphatic heterocycles. The lowest BCUT2D eigenvalue weighted by atomic mass is 9.85. The van der Waals surface area contributed by atoms with Crippen LogP contribution in [0.4, 0.5) is 0 Å². The lowest BCUT2D eigenvalue weighted by molar-refractivity contribution is -0.130. The van der Waals surface area contributed by atoms with Gasteiger partial charge in [-0.2, -0.15) is 4.98 Å². The summed E-state index contributed by atoms with van der Waals surface area (Å²) in [6.07, 6.45) is 7.81. The van der Waals surface area contributed by atoms with Crippen LogP contribution in [0.5, 0.6) is 0 Å². The molecule has 0 bridgehead atoms. The van der Waals surface area contributed by atoms with Gasteiger partial charge in [0.25, 0.3) is 5.91 Å². The molecule has 4 rings (SSSR count). The van der Waals surface area contributed by atoms with E-state index in [0.717, 1.165) is 30.8 Å². The third-order valence-corrected chi connectivity index (χ3v) is 5.81. The number of likely N-dealkylation sites (tertiary alicyclic amines) is 1. The largest absolute Gasteiger partial charge is 0.339 e. The van der Waals surface area contributed by atoms with Gasteiger partial charge < -0.3 is 14.3 Å². The Bertz CT molecular complexity index is 877. The zero-order valence-corrected chi connectivity index (χ0v) is 16.9. The van der Waals surface area contributed by atoms with Gasteiger partial charge in [-0.1, -0.05) is 11.6 Å². The number of aromatic nitrogens is 4. The van der Waals surface area contributed by atoms with Gasteiger partial charge in [0.1, 0.15) is 5.69 Å². The van der Waals surface area contributed by atoms with Crippen LogP contribution in [0.25, 0.3) is 0 Å². The van der Waals surface area contributed by atoms with E-state index in [9.17, 15) is 9.59 Å². The van der Waals surface area contributed by atoms with Crippen LogP contribution in [0, 0.1) is 6.92 Å². The van der Waals surface area contributed by atoms with E-state index in [1.54, 1.807) is 18.0 Å². The van der Waals surface area contributed by atoms with E-state index >= 15 is 0 Å². The minimum atomic E-state index is -0.146. The van der Waals surface area contributed by atoms with Crippen molar-refractivity contribution in [1.82, 2.24) is 29.9 Å². The third kappa shape index (κ3) is 4.28. The molecular formula is C20H26N6O3. The van der Waals surface area contributed by atoms with Crippen LogP contribution in [-0.2, 0) is 11.2 Å². The maximum Gasteiger partial charge on any atom is 0.274 e. The van der Waals surface area contributed by atoms with E-state index in [4.69, 9.17) is 4.52 Å². The van der Waals surface area contributed by atoms with E-state index in [0.29, 0.717) is 43.5 Å². The summed E-state index contributed by atoms with van der Waals surface area (Å²) in [6.45, 7) is 4.99. The minimum absolute atomic E-state index is 0.0119. The van der Waals surface area contributed by atoms with Gasteiger partial charge in [-0.05, 0) is 26.2 Å². The van der Waals surface area contributed by atoms with E-state index in [2.05, 4.69) is 20.1 Å². The normalized spacial score (nSPS) is 19.2.